The Bertz CT molecular complexity index is 1200. The molecule has 8 heteroatoms. The molecular weight excluding hydrogens is 458 g/mol. The highest BCUT2D eigenvalue weighted by molar-refractivity contribution is 7.91. The zero-order valence-electron chi connectivity index (χ0n) is 19.0. The number of aryl methyl sites for hydroxylation is 2. The second kappa shape index (κ2) is 8.10. The molecule has 0 bridgehead atoms. The molecule has 2 fully saturated rings. The SMILES string of the molecule is CCc1sc(S(N)(=O)=O)cc1C(=O)O[C@H]1CCC2C3CCc4cc(O)ccc4C3CC[C@@]21C. The van der Waals surface area contributed by atoms with Gasteiger partial charge in [-0.25, -0.2) is 18.4 Å². The zero-order valence-corrected chi connectivity index (χ0v) is 20.7. The van der Waals surface area contributed by atoms with E-state index < -0.39 is 16.0 Å². The summed E-state index contributed by atoms with van der Waals surface area (Å²) in [5.74, 6) is 1.46. The van der Waals surface area contributed by atoms with Gasteiger partial charge in [0.1, 0.15) is 16.1 Å². The molecule has 0 saturated heterocycles. The molecule has 1 aromatic heterocycles. The molecule has 1 aromatic carbocycles. The molecule has 5 atom stereocenters. The fourth-order valence-electron chi connectivity index (χ4n) is 6.89. The van der Waals surface area contributed by atoms with Crippen molar-refractivity contribution >= 4 is 27.3 Å². The molecule has 178 valence electrons. The topological polar surface area (TPSA) is 107 Å². The van der Waals surface area contributed by atoms with Crippen molar-refractivity contribution < 1.29 is 23.1 Å². The van der Waals surface area contributed by atoms with Crippen LogP contribution in [-0.2, 0) is 27.6 Å². The van der Waals surface area contributed by atoms with Gasteiger partial charge in [0.15, 0.2) is 0 Å². The first-order valence-corrected chi connectivity index (χ1v) is 14.2. The number of sulfonamides is 1. The van der Waals surface area contributed by atoms with Crippen LogP contribution in [-0.4, -0.2) is 25.6 Å². The highest BCUT2D eigenvalue weighted by atomic mass is 32.2. The Kier molecular flexibility index (Phi) is 5.61. The largest absolute Gasteiger partial charge is 0.508 e. The van der Waals surface area contributed by atoms with Crippen molar-refractivity contribution in [3.05, 3.63) is 45.8 Å². The second-order valence-electron chi connectivity index (χ2n) is 10.1. The maximum atomic E-state index is 13.1. The number of primary sulfonamides is 1. The van der Waals surface area contributed by atoms with Crippen molar-refractivity contribution in [3.8, 4) is 5.75 Å². The van der Waals surface area contributed by atoms with Crippen LogP contribution in [0.1, 0.15) is 78.2 Å². The minimum atomic E-state index is -3.85. The van der Waals surface area contributed by atoms with Gasteiger partial charge in [0.2, 0.25) is 10.0 Å². The number of carbonyl (C=O) groups excluding carboxylic acids is 1. The van der Waals surface area contributed by atoms with Crippen LogP contribution in [0.2, 0.25) is 0 Å². The summed E-state index contributed by atoms with van der Waals surface area (Å²) in [6, 6.07) is 7.19. The minimum absolute atomic E-state index is 0.00854. The lowest BCUT2D eigenvalue weighted by Gasteiger charge is -2.50. The monoisotopic (exact) mass is 489 g/mol. The highest BCUT2D eigenvalue weighted by Gasteiger charge is 2.56. The molecule has 3 aliphatic rings. The van der Waals surface area contributed by atoms with Crippen molar-refractivity contribution in [2.75, 3.05) is 0 Å². The summed E-state index contributed by atoms with van der Waals surface area (Å²) >= 11 is 1.05. The molecule has 0 radical (unpaired) electrons. The third kappa shape index (κ3) is 3.80. The zero-order chi connectivity index (χ0) is 23.5. The van der Waals surface area contributed by atoms with Crippen LogP contribution in [0.25, 0.3) is 0 Å². The normalized spacial score (nSPS) is 30.9. The number of hydrogen-bond donors (Lipinski definition) is 2. The molecular formula is C25H31NO5S2. The molecule has 6 nitrogen and oxygen atoms in total. The predicted molar refractivity (Wildman–Crippen MR) is 127 cm³/mol. The van der Waals surface area contributed by atoms with Crippen molar-refractivity contribution in [1.82, 2.24) is 0 Å². The Morgan fingerprint density at radius 2 is 2.03 bits per heavy atom. The van der Waals surface area contributed by atoms with E-state index in [1.165, 1.54) is 17.2 Å². The number of benzene rings is 1. The van der Waals surface area contributed by atoms with Gasteiger partial charge < -0.3 is 9.84 Å². The second-order valence-corrected chi connectivity index (χ2v) is 13.0. The standard InChI is InChI=1S/C25H31NO5S2/c1-3-21-19(13-23(32-21)33(26,29)30)24(28)31-22-9-8-20-18-6-4-14-12-15(27)5-7-16(14)17(18)10-11-25(20,22)2/h5,7,12-13,17-18,20,22,27H,3-4,6,8-11H2,1-2H3,(H2,26,29,30)/t17?,18?,20?,22-,25-/m0/s1. The lowest BCUT2D eigenvalue weighted by atomic mass is 9.55. The quantitative estimate of drug-likeness (QED) is 0.603. The average molecular weight is 490 g/mol. The summed E-state index contributed by atoms with van der Waals surface area (Å²) in [6.45, 7) is 4.17. The third-order valence-electron chi connectivity index (χ3n) is 8.48. The molecule has 2 saturated carbocycles. The molecule has 33 heavy (non-hydrogen) atoms. The number of rotatable bonds is 4. The molecule has 2 aromatic rings. The molecule has 3 aliphatic carbocycles. The molecule has 3 unspecified atom stereocenters. The number of phenols is 1. The van der Waals surface area contributed by atoms with Crippen LogP contribution >= 0.6 is 11.3 Å². The van der Waals surface area contributed by atoms with Gasteiger partial charge in [0.05, 0.1) is 5.56 Å². The van der Waals surface area contributed by atoms with Crippen LogP contribution in [0.15, 0.2) is 28.5 Å². The van der Waals surface area contributed by atoms with E-state index in [1.807, 2.05) is 13.0 Å². The number of esters is 1. The number of fused-ring (bicyclic) bond motifs is 5. The maximum absolute atomic E-state index is 13.1. The number of thiophene rings is 1. The molecule has 0 spiro atoms. The summed E-state index contributed by atoms with van der Waals surface area (Å²) in [4.78, 5) is 13.8. The Morgan fingerprint density at radius 1 is 1.24 bits per heavy atom. The van der Waals surface area contributed by atoms with Crippen LogP contribution in [0.5, 0.6) is 5.75 Å². The van der Waals surface area contributed by atoms with Gasteiger partial charge in [0.25, 0.3) is 0 Å². The summed E-state index contributed by atoms with van der Waals surface area (Å²) in [7, 11) is -3.85. The minimum Gasteiger partial charge on any atom is -0.508 e. The lowest BCUT2D eigenvalue weighted by molar-refractivity contribution is -0.0428. The Hall–Kier alpha value is -1.90. The predicted octanol–water partition coefficient (Wildman–Crippen LogP) is 4.75. The van der Waals surface area contributed by atoms with E-state index in [2.05, 4.69) is 13.0 Å². The van der Waals surface area contributed by atoms with Crippen molar-refractivity contribution in [1.29, 1.82) is 0 Å². The first-order chi connectivity index (χ1) is 15.6. The van der Waals surface area contributed by atoms with Crippen molar-refractivity contribution in [2.24, 2.45) is 22.4 Å². The molecule has 0 amide bonds. The van der Waals surface area contributed by atoms with Crippen LogP contribution in [0, 0.1) is 17.3 Å². The summed E-state index contributed by atoms with van der Waals surface area (Å²) in [5, 5.41) is 15.2. The fourth-order valence-corrected chi connectivity index (χ4v) is 8.75. The smallest absolute Gasteiger partial charge is 0.339 e. The van der Waals surface area contributed by atoms with Crippen LogP contribution < -0.4 is 5.14 Å². The van der Waals surface area contributed by atoms with E-state index >= 15 is 0 Å². The molecule has 1 heterocycles. The van der Waals surface area contributed by atoms with Crippen LogP contribution in [0.4, 0.5) is 0 Å². The fraction of sp³-hybridized carbons (Fsp3) is 0.560. The Labute approximate surface area is 199 Å². The summed E-state index contributed by atoms with van der Waals surface area (Å²) in [5.41, 5.74) is 2.92. The maximum Gasteiger partial charge on any atom is 0.339 e. The average Bonchev–Trinajstić information content (AvgIpc) is 3.35. The summed E-state index contributed by atoms with van der Waals surface area (Å²) in [6.07, 6.45) is 6.38. The van der Waals surface area contributed by atoms with Gasteiger partial charge in [-0.2, -0.15) is 0 Å². The van der Waals surface area contributed by atoms with Gasteiger partial charge in [-0.3, -0.25) is 0 Å². The number of phenolic OH excluding ortho intramolecular Hbond substituents is 1. The Morgan fingerprint density at radius 3 is 2.76 bits per heavy atom. The first kappa shape index (κ1) is 22.9. The number of carbonyl (C=O) groups is 1. The lowest BCUT2D eigenvalue weighted by Crippen LogP contribution is -2.45. The van der Waals surface area contributed by atoms with Crippen LogP contribution in [0.3, 0.4) is 0 Å². The number of aromatic hydroxyl groups is 1. The highest BCUT2D eigenvalue weighted by Crippen LogP contribution is 2.61. The third-order valence-corrected chi connectivity index (χ3v) is 11.2. The van der Waals surface area contributed by atoms with E-state index in [0.29, 0.717) is 40.4 Å². The van der Waals surface area contributed by atoms with Gasteiger partial charge in [-0.05, 0) is 92.0 Å². The van der Waals surface area contributed by atoms with E-state index in [9.17, 15) is 18.3 Å². The van der Waals surface area contributed by atoms with E-state index in [-0.39, 0.29) is 15.7 Å². The van der Waals surface area contributed by atoms with E-state index in [4.69, 9.17) is 9.88 Å². The van der Waals surface area contributed by atoms with Gasteiger partial charge in [-0.1, -0.05) is 19.9 Å². The Balaban J connectivity index is 1.37. The number of hydrogen-bond acceptors (Lipinski definition) is 6. The molecule has 5 rings (SSSR count). The van der Waals surface area contributed by atoms with Gasteiger partial charge in [-0.15, -0.1) is 11.3 Å². The van der Waals surface area contributed by atoms with E-state index in [1.54, 1.807) is 6.07 Å². The van der Waals surface area contributed by atoms with Gasteiger partial charge in [0, 0.05) is 10.3 Å². The number of ether oxygens (including phenoxy) is 1. The first-order valence-electron chi connectivity index (χ1n) is 11.8. The van der Waals surface area contributed by atoms with Gasteiger partial charge >= 0.3 is 5.97 Å². The number of nitrogens with two attached hydrogens (primary N) is 1. The molecule has 0 aliphatic heterocycles. The van der Waals surface area contributed by atoms with Crippen molar-refractivity contribution in [3.63, 3.8) is 0 Å². The summed E-state index contributed by atoms with van der Waals surface area (Å²) < 4.78 is 29.7. The molecule has 3 N–H and O–H groups in total. The van der Waals surface area contributed by atoms with Crippen molar-refractivity contribution in [2.45, 2.75) is 75.0 Å². The van der Waals surface area contributed by atoms with E-state index in [0.717, 1.165) is 49.9 Å².